The van der Waals surface area contributed by atoms with E-state index in [0.29, 0.717) is 18.2 Å². The summed E-state index contributed by atoms with van der Waals surface area (Å²) in [6.45, 7) is 0.647. The fourth-order valence-corrected chi connectivity index (χ4v) is 2.82. The van der Waals surface area contributed by atoms with Gasteiger partial charge in [-0.2, -0.15) is 0 Å². The smallest absolute Gasteiger partial charge is 0.231 e. The van der Waals surface area contributed by atoms with Crippen LogP contribution in [0.4, 0.5) is 11.6 Å². The Morgan fingerprint density at radius 1 is 1.00 bits per heavy atom. The molecule has 25 heavy (non-hydrogen) atoms. The van der Waals surface area contributed by atoms with Gasteiger partial charge in [-0.25, -0.2) is 9.67 Å². The van der Waals surface area contributed by atoms with E-state index in [1.165, 1.54) is 5.56 Å². The Kier molecular flexibility index (Phi) is 4.08. The minimum atomic E-state index is -0.128. The number of aromatic nitrogens is 3. The maximum atomic E-state index is 12.1. The van der Waals surface area contributed by atoms with E-state index in [1.54, 1.807) is 4.68 Å². The van der Waals surface area contributed by atoms with Crippen LogP contribution in [-0.4, -0.2) is 26.6 Å². The third-order valence-corrected chi connectivity index (χ3v) is 4.10. The second-order valence-electron chi connectivity index (χ2n) is 5.87. The highest BCUT2D eigenvalue weighted by molar-refractivity contribution is 6.16. The molecule has 1 aliphatic heterocycles. The molecule has 4 rings (SSSR count). The van der Waals surface area contributed by atoms with E-state index in [9.17, 15) is 4.79 Å². The first-order chi connectivity index (χ1) is 12.3. The molecule has 0 aliphatic carbocycles. The van der Waals surface area contributed by atoms with Gasteiger partial charge in [0.05, 0.1) is 12.1 Å². The molecule has 0 unspecified atom stereocenters. The summed E-state index contributed by atoms with van der Waals surface area (Å²) in [5.41, 5.74) is 2.87. The molecule has 0 bridgehead atoms. The van der Waals surface area contributed by atoms with Crippen molar-refractivity contribution in [2.45, 2.75) is 19.4 Å². The summed E-state index contributed by atoms with van der Waals surface area (Å²) in [6.07, 6.45) is 1.04. The number of aliphatic imine (C=N–C) groups is 1. The number of fused-ring (bicyclic) bond motifs is 1. The maximum absolute atomic E-state index is 12.1. The fraction of sp³-hybridized carbons (Fsp3) is 0.158. The quantitative estimate of drug-likeness (QED) is 0.799. The number of hydrogen-bond donors (Lipinski definition) is 1. The first kappa shape index (κ1) is 15.3. The van der Waals surface area contributed by atoms with E-state index in [2.05, 4.69) is 27.8 Å². The van der Waals surface area contributed by atoms with Gasteiger partial charge < -0.3 is 5.32 Å². The van der Waals surface area contributed by atoms with E-state index in [4.69, 9.17) is 4.99 Å². The molecule has 0 radical (unpaired) electrons. The molecule has 6 heteroatoms. The van der Waals surface area contributed by atoms with Crippen LogP contribution in [0.1, 0.15) is 17.5 Å². The summed E-state index contributed by atoms with van der Waals surface area (Å²) in [4.78, 5) is 16.9. The number of carbonyl (C=O) groups is 1. The van der Waals surface area contributed by atoms with E-state index in [-0.39, 0.29) is 12.3 Å². The van der Waals surface area contributed by atoms with Crippen LogP contribution < -0.4 is 5.32 Å². The van der Waals surface area contributed by atoms with Crippen molar-refractivity contribution in [3.63, 3.8) is 0 Å². The Balaban J connectivity index is 1.66. The molecule has 124 valence electrons. The lowest BCUT2D eigenvalue weighted by molar-refractivity contribution is -0.115. The summed E-state index contributed by atoms with van der Waals surface area (Å²) in [5.74, 6) is 0.890. The number of anilines is 1. The highest BCUT2D eigenvalue weighted by Crippen LogP contribution is 2.27. The molecular weight excluding hydrogens is 314 g/mol. The average molecular weight is 331 g/mol. The van der Waals surface area contributed by atoms with Gasteiger partial charge in [0.1, 0.15) is 0 Å². The van der Waals surface area contributed by atoms with Gasteiger partial charge in [-0.3, -0.25) is 4.79 Å². The van der Waals surface area contributed by atoms with Gasteiger partial charge in [0, 0.05) is 6.54 Å². The molecule has 0 spiro atoms. The van der Waals surface area contributed by atoms with Crippen LogP contribution in [0, 0.1) is 0 Å². The van der Waals surface area contributed by atoms with Gasteiger partial charge in [0.2, 0.25) is 11.7 Å². The van der Waals surface area contributed by atoms with Crippen molar-refractivity contribution in [2.75, 3.05) is 5.32 Å². The normalized spacial score (nSPS) is 13.6. The number of hydrogen-bond acceptors (Lipinski definition) is 4. The van der Waals surface area contributed by atoms with Crippen molar-refractivity contribution in [3.8, 4) is 0 Å². The maximum Gasteiger partial charge on any atom is 0.231 e. The van der Waals surface area contributed by atoms with Crippen molar-refractivity contribution in [2.24, 2.45) is 4.99 Å². The lowest BCUT2D eigenvalue weighted by atomic mass is 10.1. The second kappa shape index (κ2) is 6.68. The summed E-state index contributed by atoms with van der Waals surface area (Å²) >= 11 is 0. The first-order valence-electron chi connectivity index (χ1n) is 8.20. The molecule has 1 aliphatic rings. The molecule has 0 saturated carbocycles. The number of nitrogens with zero attached hydrogens (tertiary/aromatic N) is 4. The molecule has 0 saturated heterocycles. The van der Waals surface area contributed by atoms with Gasteiger partial charge in [-0.15, -0.1) is 5.10 Å². The molecule has 0 fully saturated rings. The summed E-state index contributed by atoms with van der Waals surface area (Å²) < 4.78 is 1.75. The Morgan fingerprint density at radius 3 is 2.48 bits per heavy atom. The van der Waals surface area contributed by atoms with Gasteiger partial charge in [0.25, 0.3) is 0 Å². The van der Waals surface area contributed by atoms with E-state index < -0.39 is 0 Å². The second-order valence-corrected chi connectivity index (χ2v) is 5.87. The van der Waals surface area contributed by atoms with Crippen LogP contribution >= 0.6 is 0 Å². The van der Waals surface area contributed by atoms with Crippen molar-refractivity contribution in [3.05, 3.63) is 71.8 Å². The average Bonchev–Trinajstić information content (AvgIpc) is 2.93. The van der Waals surface area contributed by atoms with Gasteiger partial charge in [0.15, 0.2) is 5.82 Å². The number of carbonyl (C=O) groups excluding carboxylic acids is 1. The zero-order valence-electron chi connectivity index (χ0n) is 13.6. The molecule has 1 amide bonds. The predicted molar refractivity (Wildman–Crippen MR) is 96.1 cm³/mol. The van der Waals surface area contributed by atoms with Gasteiger partial charge >= 0.3 is 0 Å². The summed E-state index contributed by atoms with van der Waals surface area (Å²) in [7, 11) is 0. The van der Waals surface area contributed by atoms with Crippen LogP contribution in [0.25, 0.3) is 0 Å². The molecule has 2 heterocycles. The van der Waals surface area contributed by atoms with E-state index in [1.807, 2.05) is 48.5 Å². The van der Waals surface area contributed by atoms with E-state index in [0.717, 1.165) is 17.7 Å². The van der Waals surface area contributed by atoms with Crippen molar-refractivity contribution in [1.29, 1.82) is 0 Å². The van der Waals surface area contributed by atoms with Crippen molar-refractivity contribution in [1.82, 2.24) is 15.0 Å². The highest BCUT2D eigenvalue weighted by Gasteiger charge is 2.22. The third-order valence-electron chi connectivity index (χ3n) is 4.10. The van der Waals surface area contributed by atoms with Crippen LogP contribution in [0.3, 0.4) is 0 Å². The lowest BCUT2D eigenvalue weighted by Crippen LogP contribution is -2.15. The highest BCUT2D eigenvalue weighted by atomic mass is 16.1. The topological polar surface area (TPSA) is 72.2 Å². The van der Waals surface area contributed by atoms with Crippen LogP contribution in [-0.2, 0) is 17.8 Å². The third kappa shape index (κ3) is 3.33. The van der Waals surface area contributed by atoms with Crippen molar-refractivity contribution < 1.29 is 4.79 Å². The Morgan fingerprint density at radius 2 is 1.72 bits per heavy atom. The monoisotopic (exact) mass is 331 g/mol. The lowest BCUT2D eigenvalue weighted by Gasteiger charge is -2.05. The number of aryl methyl sites for hydroxylation is 2. The Labute approximate surface area is 145 Å². The zero-order chi connectivity index (χ0) is 17.1. The minimum Gasteiger partial charge on any atom is -0.306 e. The molecular formula is C19H17N5O. The summed E-state index contributed by atoms with van der Waals surface area (Å²) in [5, 5.41) is 11.0. The fourth-order valence-electron chi connectivity index (χ4n) is 2.82. The molecule has 2 aromatic carbocycles. The molecule has 1 aromatic heterocycles. The van der Waals surface area contributed by atoms with E-state index >= 15 is 0 Å². The zero-order valence-corrected chi connectivity index (χ0v) is 13.6. The molecule has 0 atom stereocenters. The molecule has 1 N–H and O–H groups in total. The standard InChI is InChI=1S/C19H17N5O/c25-17-13-16(15-9-5-2-6-10-15)20-19-18(21-17)22-23-24(19)12-11-14-7-3-1-4-8-14/h1-10H,11-13H2,(H,21,25). The Hall–Kier alpha value is -3.28. The largest absolute Gasteiger partial charge is 0.306 e. The number of amides is 1. The number of nitrogens with one attached hydrogen (secondary N) is 1. The Bertz CT molecular complexity index is 916. The predicted octanol–water partition coefficient (Wildman–Crippen LogP) is 2.98. The van der Waals surface area contributed by atoms with Crippen LogP contribution in [0.5, 0.6) is 0 Å². The minimum absolute atomic E-state index is 0.128. The van der Waals surface area contributed by atoms with Crippen LogP contribution in [0.2, 0.25) is 0 Å². The molecule has 3 aromatic rings. The van der Waals surface area contributed by atoms with Crippen LogP contribution in [0.15, 0.2) is 65.7 Å². The SMILES string of the molecule is O=C1CC(c2ccccc2)=Nc2c(nnn2CCc2ccccc2)N1. The summed E-state index contributed by atoms with van der Waals surface area (Å²) in [6, 6.07) is 19.9. The van der Waals surface area contributed by atoms with Crippen molar-refractivity contribution >= 4 is 23.3 Å². The van der Waals surface area contributed by atoms with Gasteiger partial charge in [-0.05, 0) is 17.5 Å². The number of rotatable bonds is 4. The van der Waals surface area contributed by atoms with Gasteiger partial charge in [-0.1, -0.05) is 65.9 Å². The number of benzene rings is 2. The molecule has 6 nitrogen and oxygen atoms in total. The first-order valence-corrected chi connectivity index (χ1v) is 8.20.